The Labute approximate surface area is 200 Å². The number of nitrogens with one attached hydrogen (secondary N) is 3. The minimum atomic E-state index is -0.0155. The molecule has 2 fully saturated rings. The molecule has 0 saturated heterocycles. The number of benzene rings is 2. The first-order chi connectivity index (χ1) is 16.7. The molecule has 1 aromatic heterocycles. The van der Waals surface area contributed by atoms with Crippen molar-refractivity contribution in [3.8, 4) is 11.4 Å². The predicted octanol–water partition coefficient (Wildman–Crippen LogP) is 5.75. The third-order valence-electron chi connectivity index (χ3n) is 7.30. The van der Waals surface area contributed by atoms with Crippen LogP contribution in [0.2, 0.25) is 0 Å². The number of amides is 2. The zero-order chi connectivity index (χ0) is 23.3. The van der Waals surface area contributed by atoms with Crippen LogP contribution in [0.4, 0.5) is 0 Å². The molecular formula is C28H34N4O2. The van der Waals surface area contributed by atoms with Crippen LogP contribution in [0.15, 0.2) is 42.5 Å². The predicted molar refractivity (Wildman–Crippen MR) is 135 cm³/mol. The second kappa shape index (κ2) is 10.4. The summed E-state index contributed by atoms with van der Waals surface area (Å²) >= 11 is 0. The van der Waals surface area contributed by atoms with Gasteiger partial charge in [0.25, 0.3) is 11.8 Å². The molecule has 2 amide bonds. The van der Waals surface area contributed by atoms with Crippen molar-refractivity contribution in [3.63, 3.8) is 0 Å². The standard InChI is InChI=1S/C28H34N4O2/c33-27(29-22-10-6-3-7-11-22)20-14-12-19(13-15-20)26-31-24-17-16-21(18-25(24)32-26)28(34)30-23-8-4-1-2-5-9-23/h12-18,22-23H,1-11H2,(H,29,33)(H,30,34)(H,31,32). The summed E-state index contributed by atoms with van der Waals surface area (Å²) in [6.45, 7) is 0. The maximum Gasteiger partial charge on any atom is 0.251 e. The molecule has 1 heterocycles. The largest absolute Gasteiger partial charge is 0.349 e. The van der Waals surface area contributed by atoms with Crippen molar-refractivity contribution >= 4 is 22.8 Å². The second-order valence-corrected chi connectivity index (χ2v) is 9.87. The smallest absolute Gasteiger partial charge is 0.251 e. The molecule has 178 valence electrons. The fourth-order valence-corrected chi connectivity index (χ4v) is 5.28. The summed E-state index contributed by atoms with van der Waals surface area (Å²) in [6, 6.07) is 13.7. The maximum atomic E-state index is 12.8. The monoisotopic (exact) mass is 458 g/mol. The van der Waals surface area contributed by atoms with Crippen LogP contribution in [-0.4, -0.2) is 33.9 Å². The van der Waals surface area contributed by atoms with Gasteiger partial charge in [0, 0.05) is 28.8 Å². The lowest BCUT2D eigenvalue weighted by Crippen LogP contribution is -2.36. The van der Waals surface area contributed by atoms with Gasteiger partial charge in [0.05, 0.1) is 11.0 Å². The Morgan fingerprint density at radius 2 is 1.24 bits per heavy atom. The minimum Gasteiger partial charge on any atom is -0.349 e. The molecule has 5 rings (SSSR count). The molecule has 3 aromatic rings. The molecule has 2 aliphatic rings. The number of hydrogen-bond acceptors (Lipinski definition) is 3. The van der Waals surface area contributed by atoms with E-state index in [0.717, 1.165) is 48.1 Å². The zero-order valence-electron chi connectivity index (χ0n) is 19.7. The Bertz CT molecular complexity index is 1140. The minimum absolute atomic E-state index is 0.00706. The molecule has 2 saturated carbocycles. The van der Waals surface area contributed by atoms with Gasteiger partial charge in [-0.1, -0.05) is 57.1 Å². The summed E-state index contributed by atoms with van der Waals surface area (Å²) in [5.74, 6) is 0.709. The van der Waals surface area contributed by atoms with Gasteiger partial charge in [-0.3, -0.25) is 9.59 Å². The lowest BCUT2D eigenvalue weighted by atomic mass is 9.95. The van der Waals surface area contributed by atoms with Crippen molar-refractivity contribution in [1.29, 1.82) is 0 Å². The quantitative estimate of drug-likeness (QED) is 0.426. The molecule has 0 spiro atoms. The molecule has 0 aliphatic heterocycles. The summed E-state index contributed by atoms with van der Waals surface area (Å²) in [5, 5.41) is 6.38. The van der Waals surface area contributed by atoms with Crippen molar-refractivity contribution in [2.45, 2.75) is 82.7 Å². The van der Waals surface area contributed by atoms with E-state index >= 15 is 0 Å². The SMILES string of the molecule is O=C(NC1CCCCCC1)c1ccc2nc(-c3ccc(C(=O)NC4CCCCC4)cc3)[nH]c2c1. The van der Waals surface area contributed by atoms with Crippen molar-refractivity contribution in [1.82, 2.24) is 20.6 Å². The summed E-state index contributed by atoms with van der Waals surface area (Å²) in [4.78, 5) is 33.4. The Hall–Kier alpha value is -3.15. The summed E-state index contributed by atoms with van der Waals surface area (Å²) < 4.78 is 0. The van der Waals surface area contributed by atoms with Crippen LogP contribution in [-0.2, 0) is 0 Å². The lowest BCUT2D eigenvalue weighted by molar-refractivity contribution is 0.0921. The Morgan fingerprint density at radius 3 is 1.85 bits per heavy atom. The molecular weight excluding hydrogens is 424 g/mol. The summed E-state index contributed by atoms with van der Waals surface area (Å²) in [5.41, 5.74) is 3.89. The van der Waals surface area contributed by atoms with Crippen LogP contribution in [0.3, 0.4) is 0 Å². The number of imidazole rings is 1. The molecule has 0 unspecified atom stereocenters. The van der Waals surface area contributed by atoms with E-state index in [0.29, 0.717) is 17.2 Å². The van der Waals surface area contributed by atoms with Crippen LogP contribution in [0.1, 0.15) is 91.3 Å². The molecule has 34 heavy (non-hydrogen) atoms. The average Bonchev–Trinajstić information content (AvgIpc) is 3.13. The first-order valence-electron chi connectivity index (χ1n) is 12.9. The van der Waals surface area contributed by atoms with Crippen LogP contribution >= 0.6 is 0 Å². The number of hydrogen-bond donors (Lipinski definition) is 3. The van der Waals surface area contributed by atoms with Crippen molar-refractivity contribution in [2.24, 2.45) is 0 Å². The number of nitrogens with zero attached hydrogens (tertiary/aromatic N) is 1. The number of H-pyrrole nitrogens is 1. The molecule has 2 aliphatic carbocycles. The second-order valence-electron chi connectivity index (χ2n) is 9.87. The van der Waals surface area contributed by atoms with Crippen molar-refractivity contribution in [2.75, 3.05) is 0 Å². The number of fused-ring (bicyclic) bond motifs is 1. The number of aromatic nitrogens is 2. The van der Waals surface area contributed by atoms with E-state index in [2.05, 4.69) is 15.6 Å². The molecule has 6 nitrogen and oxygen atoms in total. The summed E-state index contributed by atoms with van der Waals surface area (Å²) in [7, 11) is 0. The van der Waals surface area contributed by atoms with Gasteiger partial charge < -0.3 is 15.6 Å². The van der Waals surface area contributed by atoms with E-state index < -0.39 is 0 Å². The highest BCUT2D eigenvalue weighted by Crippen LogP contribution is 2.23. The molecule has 2 aromatic carbocycles. The van der Waals surface area contributed by atoms with Gasteiger partial charge in [-0.05, 0) is 56.0 Å². The van der Waals surface area contributed by atoms with Crippen molar-refractivity contribution < 1.29 is 9.59 Å². The van der Waals surface area contributed by atoms with Gasteiger partial charge in [0.15, 0.2) is 0 Å². The molecule has 0 atom stereocenters. The Kier molecular flexibility index (Phi) is 6.93. The normalized spacial score (nSPS) is 17.9. The Morgan fingerprint density at radius 1 is 0.706 bits per heavy atom. The maximum absolute atomic E-state index is 12.8. The van der Waals surface area contributed by atoms with Crippen LogP contribution in [0, 0.1) is 0 Å². The van der Waals surface area contributed by atoms with E-state index in [1.54, 1.807) is 0 Å². The van der Waals surface area contributed by atoms with Crippen LogP contribution in [0.25, 0.3) is 22.4 Å². The lowest BCUT2D eigenvalue weighted by Gasteiger charge is -2.22. The third-order valence-corrected chi connectivity index (χ3v) is 7.30. The topological polar surface area (TPSA) is 86.9 Å². The van der Waals surface area contributed by atoms with Crippen LogP contribution in [0.5, 0.6) is 0 Å². The van der Waals surface area contributed by atoms with Gasteiger partial charge in [-0.25, -0.2) is 4.98 Å². The fraction of sp³-hybridized carbons (Fsp3) is 0.464. The first-order valence-corrected chi connectivity index (χ1v) is 12.9. The van der Waals surface area contributed by atoms with E-state index in [-0.39, 0.29) is 17.9 Å². The van der Waals surface area contributed by atoms with Gasteiger partial charge in [-0.2, -0.15) is 0 Å². The number of carbonyl (C=O) groups excluding carboxylic acids is 2. The van der Waals surface area contributed by atoms with Crippen LogP contribution < -0.4 is 10.6 Å². The van der Waals surface area contributed by atoms with E-state index in [1.807, 2.05) is 42.5 Å². The number of aromatic amines is 1. The number of carbonyl (C=O) groups is 2. The van der Waals surface area contributed by atoms with Gasteiger partial charge in [0.2, 0.25) is 0 Å². The zero-order valence-corrected chi connectivity index (χ0v) is 19.7. The van der Waals surface area contributed by atoms with Gasteiger partial charge >= 0.3 is 0 Å². The fourth-order valence-electron chi connectivity index (χ4n) is 5.28. The van der Waals surface area contributed by atoms with E-state index in [9.17, 15) is 9.59 Å². The molecule has 3 N–H and O–H groups in total. The summed E-state index contributed by atoms with van der Waals surface area (Å²) in [6.07, 6.45) is 12.8. The molecule has 0 bridgehead atoms. The van der Waals surface area contributed by atoms with E-state index in [1.165, 1.54) is 44.9 Å². The third kappa shape index (κ3) is 5.32. The highest BCUT2D eigenvalue weighted by molar-refractivity contribution is 5.98. The van der Waals surface area contributed by atoms with Gasteiger partial charge in [0.1, 0.15) is 5.82 Å². The van der Waals surface area contributed by atoms with Gasteiger partial charge in [-0.15, -0.1) is 0 Å². The van der Waals surface area contributed by atoms with E-state index in [4.69, 9.17) is 4.98 Å². The first kappa shape index (κ1) is 22.6. The number of rotatable bonds is 5. The van der Waals surface area contributed by atoms with Crippen molar-refractivity contribution in [3.05, 3.63) is 53.6 Å². The molecule has 0 radical (unpaired) electrons. The molecule has 6 heteroatoms. The highest BCUT2D eigenvalue weighted by Gasteiger charge is 2.18. The Balaban J connectivity index is 1.26. The average molecular weight is 459 g/mol. The highest BCUT2D eigenvalue weighted by atomic mass is 16.2.